The van der Waals surface area contributed by atoms with Crippen LogP contribution in [0, 0.1) is 6.92 Å². The molecule has 12 heavy (non-hydrogen) atoms. The summed E-state index contributed by atoms with van der Waals surface area (Å²) >= 11 is 1.60. The zero-order valence-corrected chi connectivity index (χ0v) is 7.61. The van der Waals surface area contributed by atoms with E-state index in [0.29, 0.717) is 0 Å². The number of aryl methyl sites for hydroxylation is 1. The summed E-state index contributed by atoms with van der Waals surface area (Å²) in [5, 5.41) is 0. The van der Waals surface area contributed by atoms with E-state index >= 15 is 0 Å². The van der Waals surface area contributed by atoms with Crippen LogP contribution in [0.5, 0.6) is 0 Å². The predicted molar refractivity (Wildman–Crippen MR) is 53.0 cm³/mol. The van der Waals surface area contributed by atoms with E-state index in [4.69, 9.17) is 0 Å². The van der Waals surface area contributed by atoms with Gasteiger partial charge in [0.05, 0.1) is 0 Å². The molecule has 2 rings (SSSR count). The van der Waals surface area contributed by atoms with Gasteiger partial charge in [-0.1, -0.05) is 29.8 Å². The highest BCUT2D eigenvalue weighted by atomic mass is 32.2. The molecule has 0 bridgehead atoms. The molecule has 1 aromatic rings. The molecule has 0 spiro atoms. The maximum Gasteiger partial charge on any atom is 0.0488 e. The fourth-order valence-corrected chi connectivity index (χ4v) is 1.67. The van der Waals surface area contributed by atoms with Gasteiger partial charge in [0.15, 0.2) is 0 Å². The van der Waals surface area contributed by atoms with Crippen LogP contribution in [-0.4, -0.2) is 0 Å². The van der Waals surface area contributed by atoms with Gasteiger partial charge in [0.25, 0.3) is 0 Å². The minimum Gasteiger partial charge on any atom is -0.318 e. The third kappa shape index (κ3) is 1.47. The Morgan fingerprint density at radius 1 is 1.17 bits per heavy atom. The molecule has 1 aliphatic heterocycles. The van der Waals surface area contributed by atoms with Crippen molar-refractivity contribution in [2.24, 2.45) is 0 Å². The van der Waals surface area contributed by atoms with Crippen LogP contribution in [-0.2, 0) is 0 Å². The second-order valence-corrected chi connectivity index (χ2v) is 3.57. The Labute approximate surface area is 76.2 Å². The van der Waals surface area contributed by atoms with E-state index < -0.39 is 0 Å². The van der Waals surface area contributed by atoms with Gasteiger partial charge in [0.1, 0.15) is 0 Å². The quantitative estimate of drug-likeness (QED) is 0.644. The van der Waals surface area contributed by atoms with Crippen LogP contribution in [0.1, 0.15) is 11.1 Å². The van der Waals surface area contributed by atoms with Crippen molar-refractivity contribution in [3.63, 3.8) is 0 Å². The number of hydrogen-bond acceptors (Lipinski definition) is 3. The first-order valence-electron chi connectivity index (χ1n) is 3.81. The third-order valence-electron chi connectivity index (χ3n) is 1.76. The van der Waals surface area contributed by atoms with Crippen LogP contribution in [0.4, 0.5) is 0 Å². The van der Waals surface area contributed by atoms with Crippen LogP contribution in [0.2, 0.25) is 0 Å². The highest BCUT2D eigenvalue weighted by Gasteiger charge is 2.05. The van der Waals surface area contributed by atoms with E-state index in [1.54, 1.807) is 11.9 Å². The fourth-order valence-electron chi connectivity index (χ4n) is 1.07. The molecule has 0 saturated heterocycles. The molecule has 1 heterocycles. The smallest absolute Gasteiger partial charge is 0.0488 e. The van der Waals surface area contributed by atoms with Crippen molar-refractivity contribution in [2.75, 3.05) is 0 Å². The van der Waals surface area contributed by atoms with E-state index in [1.165, 1.54) is 16.0 Å². The fraction of sp³-hybridized carbons (Fsp3) is 0.111. The number of nitrogens with one attached hydrogen (secondary N) is 2. The topological polar surface area (TPSA) is 24.1 Å². The molecule has 0 aliphatic carbocycles. The van der Waals surface area contributed by atoms with Crippen molar-refractivity contribution >= 4 is 16.9 Å². The van der Waals surface area contributed by atoms with Gasteiger partial charge < -0.3 is 5.43 Å². The Hall–Kier alpha value is -0.930. The van der Waals surface area contributed by atoms with Gasteiger partial charge in [0.2, 0.25) is 0 Å². The first kappa shape index (κ1) is 7.71. The standard InChI is InChI=1S/C9H10N2S/c1-7-2-4-8(5-3-7)9-6-10-11-12-9/h2-6,10-11H,1H3. The molecule has 0 saturated carbocycles. The van der Waals surface area contributed by atoms with Gasteiger partial charge >= 0.3 is 0 Å². The minimum absolute atomic E-state index is 1.23. The van der Waals surface area contributed by atoms with E-state index in [1.807, 2.05) is 6.20 Å². The Kier molecular flexibility index (Phi) is 2.06. The number of rotatable bonds is 1. The number of hydrazine groups is 1. The summed E-state index contributed by atoms with van der Waals surface area (Å²) in [4.78, 5) is 4.19. The number of benzene rings is 1. The van der Waals surface area contributed by atoms with E-state index in [-0.39, 0.29) is 0 Å². The molecular formula is C9H10N2S. The molecule has 62 valence electrons. The molecule has 0 fully saturated rings. The summed E-state index contributed by atoms with van der Waals surface area (Å²) in [6.45, 7) is 2.09. The first-order valence-corrected chi connectivity index (χ1v) is 4.62. The highest BCUT2D eigenvalue weighted by Crippen LogP contribution is 2.26. The molecule has 3 heteroatoms. The van der Waals surface area contributed by atoms with Gasteiger partial charge in [0, 0.05) is 11.1 Å². The van der Waals surface area contributed by atoms with Crippen LogP contribution in [0.25, 0.3) is 4.91 Å². The minimum atomic E-state index is 1.23. The van der Waals surface area contributed by atoms with E-state index in [9.17, 15) is 0 Å². The summed E-state index contributed by atoms with van der Waals surface area (Å²) in [5.74, 6) is 0. The van der Waals surface area contributed by atoms with Crippen molar-refractivity contribution < 1.29 is 0 Å². The molecular weight excluding hydrogens is 168 g/mol. The number of hydrogen-bond donors (Lipinski definition) is 2. The summed E-state index contributed by atoms with van der Waals surface area (Å²) in [6.07, 6.45) is 1.97. The van der Waals surface area contributed by atoms with E-state index in [0.717, 1.165) is 0 Å². The average Bonchev–Trinajstić information content (AvgIpc) is 2.58. The van der Waals surface area contributed by atoms with Crippen molar-refractivity contribution in [3.05, 3.63) is 41.6 Å². The molecule has 0 amide bonds. The molecule has 1 aromatic carbocycles. The zero-order valence-electron chi connectivity index (χ0n) is 6.79. The van der Waals surface area contributed by atoms with Crippen LogP contribution in [0.3, 0.4) is 0 Å². The highest BCUT2D eigenvalue weighted by molar-refractivity contribution is 8.06. The summed E-state index contributed by atoms with van der Waals surface area (Å²) in [5.41, 5.74) is 5.48. The summed E-state index contributed by atoms with van der Waals surface area (Å²) < 4.78 is 0. The maximum absolute atomic E-state index is 2.96. The molecule has 2 N–H and O–H groups in total. The van der Waals surface area contributed by atoms with Gasteiger partial charge in [-0.05, 0) is 24.4 Å². The van der Waals surface area contributed by atoms with Gasteiger partial charge in [-0.15, -0.1) is 0 Å². The average molecular weight is 178 g/mol. The van der Waals surface area contributed by atoms with E-state index in [2.05, 4.69) is 41.4 Å². The van der Waals surface area contributed by atoms with Crippen LogP contribution in [0.15, 0.2) is 30.5 Å². The zero-order chi connectivity index (χ0) is 8.39. The summed E-state index contributed by atoms with van der Waals surface area (Å²) in [6, 6.07) is 8.50. The monoisotopic (exact) mass is 178 g/mol. The Bertz CT molecular complexity index is 303. The summed E-state index contributed by atoms with van der Waals surface area (Å²) in [7, 11) is 0. The van der Waals surface area contributed by atoms with Crippen LogP contribution < -0.4 is 10.3 Å². The third-order valence-corrected chi connectivity index (χ3v) is 2.55. The van der Waals surface area contributed by atoms with Crippen molar-refractivity contribution in [1.29, 1.82) is 0 Å². The van der Waals surface area contributed by atoms with Crippen molar-refractivity contribution in [1.82, 2.24) is 10.3 Å². The van der Waals surface area contributed by atoms with Crippen LogP contribution >= 0.6 is 11.9 Å². The largest absolute Gasteiger partial charge is 0.318 e. The van der Waals surface area contributed by atoms with Crippen molar-refractivity contribution in [2.45, 2.75) is 6.92 Å². The molecule has 0 unspecified atom stereocenters. The normalized spacial score (nSPS) is 15.6. The van der Waals surface area contributed by atoms with Gasteiger partial charge in [-0.3, -0.25) is 0 Å². The molecule has 1 aliphatic rings. The van der Waals surface area contributed by atoms with Gasteiger partial charge in [-0.2, -0.15) is 4.83 Å². The first-order chi connectivity index (χ1) is 5.86. The predicted octanol–water partition coefficient (Wildman–Crippen LogP) is 2.05. The lowest BCUT2D eigenvalue weighted by Crippen LogP contribution is -2.11. The maximum atomic E-state index is 2.96. The lowest BCUT2D eigenvalue weighted by molar-refractivity contribution is 0.897. The molecule has 2 nitrogen and oxygen atoms in total. The molecule has 0 aromatic heterocycles. The Morgan fingerprint density at radius 3 is 2.50 bits per heavy atom. The van der Waals surface area contributed by atoms with Crippen molar-refractivity contribution in [3.8, 4) is 0 Å². The lowest BCUT2D eigenvalue weighted by atomic mass is 10.1. The SMILES string of the molecule is Cc1ccc(C2=CNNS2)cc1. The Morgan fingerprint density at radius 2 is 1.92 bits per heavy atom. The molecule has 0 atom stereocenters. The molecule has 0 radical (unpaired) electrons. The second kappa shape index (κ2) is 3.21. The lowest BCUT2D eigenvalue weighted by Gasteiger charge is -1.99. The second-order valence-electron chi connectivity index (χ2n) is 2.72. The Balaban J connectivity index is 2.28. The van der Waals surface area contributed by atoms with Gasteiger partial charge in [-0.25, -0.2) is 0 Å².